The van der Waals surface area contributed by atoms with Gasteiger partial charge in [0, 0.05) is 5.92 Å². The lowest BCUT2D eigenvalue weighted by molar-refractivity contribution is 0.317. The van der Waals surface area contributed by atoms with Crippen molar-refractivity contribution in [1.29, 1.82) is 0 Å². The van der Waals surface area contributed by atoms with Crippen molar-refractivity contribution in [2.45, 2.75) is 44.9 Å². The number of aromatic nitrogens is 1. The highest BCUT2D eigenvalue weighted by atomic mass is 19.1. The maximum atomic E-state index is 13.5. The lowest BCUT2D eigenvalue weighted by atomic mass is 9.79. The molecule has 1 heterocycles. The lowest BCUT2D eigenvalue weighted by Gasteiger charge is -2.26. The summed E-state index contributed by atoms with van der Waals surface area (Å²) in [4.78, 5) is 3.17. The Morgan fingerprint density at radius 2 is 1.77 bits per heavy atom. The van der Waals surface area contributed by atoms with E-state index in [0.717, 1.165) is 50.5 Å². The van der Waals surface area contributed by atoms with Gasteiger partial charge in [-0.1, -0.05) is 30.9 Å². The highest BCUT2D eigenvalue weighted by Crippen LogP contribution is 2.36. The molecule has 0 atom stereocenters. The Hall–Kier alpha value is -2.41. The molecule has 1 aromatic heterocycles. The fourth-order valence-corrected chi connectivity index (χ4v) is 3.31. The van der Waals surface area contributed by atoms with Crippen molar-refractivity contribution in [2.24, 2.45) is 5.92 Å². The topological polar surface area (TPSA) is 22.1 Å². The third kappa shape index (κ3) is 4.82. The number of halogens is 2. The molecule has 26 heavy (non-hydrogen) atoms. The maximum absolute atomic E-state index is 13.5. The standard InChI is InChI=1S/C22H23F2NO/c1-2-15-26-20-12-9-18(10-13-20)17-6-3-16(4-7-17)5-8-19-11-14-21(23)25-22(19)24/h9-14,16-17H,2-4,6-7,15H2,1H3. The van der Waals surface area contributed by atoms with E-state index in [2.05, 4.69) is 35.9 Å². The molecule has 0 radical (unpaired) electrons. The van der Waals surface area contributed by atoms with Crippen molar-refractivity contribution in [3.8, 4) is 17.6 Å². The number of benzene rings is 1. The average molecular weight is 355 g/mol. The molecule has 0 amide bonds. The Labute approximate surface area is 153 Å². The molecule has 0 N–H and O–H groups in total. The predicted molar refractivity (Wildman–Crippen MR) is 98.0 cm³/mol. The first-order valence-corrected chi connectivity index (χ1v) is 9.22. The summed E-state index contributed by atoms with van der Waals surface area (Å²) < 4.78 is 32.0. The molecule has 0 aliphatic heterocycles. The summed E-state index contributed by atoms with van der Waals surface area (Å²) in [7, 11) is 0. The molecule has 136 valence electrons. The minimum atomic E-state index is -0.837. The molecule has 0 unspecified atom stereocenters. The van der Waals surface area contributed by atoms with Crippen molar-refractivity contribution in [3.05, 3.63) is 59.4 Å². The van der Waals surface area contributed by atoms with Crippen LogP contribution in [0.25, 0.3) is 0 Å². The van der Waals surface area contributed by atoms with Crippen molar-refractivity contribution >= 4 is 0 Å². The molecule has 3 rings (SSSR count). The van der Waals surface area contributed by atoms with E-state index in [1.54, 1.807) is 0 Å². The van der Waals surface area contributed by atoms with Crippen LogP contribution in [0.15, 0.2) is 36.4 Å². The summed E-state index contributed by atoms with van der Waals surface area (Å²) in [5, 5.41) is 0. The Balaban J connectivity index is 1.55. The van der Waals surface area contributed by atoms with E-state index in [4.69, 9.17) is 4.74 Å². The second-order valence-corrected chi connectivity index (χ2v) is 6.71. The molecule has 4 heteroatoms. The van der Waals surface area contributed by atoms with Crippen LogP contribution in [0.2, 0.25) is 0 Å². The van der Waals surface area contributed by atoms with Gasteiger partial charge < -0.3 is 4.74 Å². The first-order valence-electron chi connectivity index (χ1n) is 9.22. The number of pyridine rings is 1. The highest BCUT2D eigenvalue weighted by molar-refractivity contribution is 5.34. The van der Waals surface area contributed by atoms with Crippen LogP contribution in [-0.4, -0.2) is 11.6 Å². The van der Waals surface area contributed by atoms with Crippen molar-refractivity contribution in [1.82, 2.24) is 4.98 Å². The molecule has 0 spiro atoms. The third-order valence-corrected chi connectivity index (χ3v) is 4.78. The molecule has 1 saturated carbocycles. The molecule has 1 aliphatic carbocycles. The van der Waals surface area contributed by atoms with E-state index < -0.39 is 11.9 Å². The SMILES string of the molecule is CCCOc1ccc(C2CCC(C#Cc3ccc(F)nc3F)CC2)cc1. The van der Waals surface area contributed by atoms with E-state index in [0.29, 0.717) is 5.92 Å². The van der Waals surface area contributed by atoms with E-state index >= 15 is 0 Å². The zero-order valence-electron chi connectivity index (χ0n) is 15.0. The van der Waals surface area contributed by atoms with Gasteiger partial charge in [-0.05, 0) is 67.9 Å². The maximum Gasteiger partial charge on any atom is 0.231 e. The van der Waals surface area contributed by atoms with Crippen LogP contribution in [0.1, 0.15) is 56.1 Å². The van der Waals surface area contributed by atoms with Crippen molar-refractivity contribution in [3.63, 3.8) is 0 Å². The van der Waals surface area contributed by atoms with Gasteiger partial charge in [0.15, 0.2) is 0 Å². The minimum absolute atomic E-state index is 0.163. The van der Waals surface area contributed by atoms with E-state index in [1.165, 1.54) is 11.6 Å². The van der Waals surface area contributed by atoms with Gasteiger partial charge in [-0.3, -0.25) is 0 Å². The second-order valence-electron chi connectivity index (χ2n) is 6.71. The number of ether oxygens (including phenoxy) is 1. The normalized spacial score (nSPS) is 19.5. The smallest absolute Gasteiger partial charge is 0.231 e. The molecule has 1 fully saturated rings. The van der Waals surface area contributed by atoms with Gasteiger partial charge in [0.05, 0.1) is 12.2 Å². The zero-order valence-corrected chi connectivity index (χ0v) is 15.0. The van der Waals surface area contributed by atoms with Crippen LogP contribution in [0.5, 0.6) is 5.75 Å². The summed E-state index contributed by atoms with van der Waals surface area (Å²) in [5.41, 5.74) is 1.50. The molecule has 1 aromatic carbocycles. The summed E-state index contributed by atoms with van der Waals surface area (Å²) >= 11 is 0. The van der Waals surface area contributed by atoms with Crippen LogP contribution in [0, 0.1) is 29.7 Å². The van der Waals surface area contributed by atoms with Crippen LogP contribution >= 0.6 is 0 Å². The summed E-state index contributed by atoms with van der Waals surface area (Å²) in [6, 6.07) is 10.9. The number of hydrogen-bond acceptors (Lipinski definition) is 2. The molecular weight excluding hydrogens is 332 g/mol. The fraction of sp³-hybridized carbons (Fsp3) is 0.409. The lowest BCUT2D eigenvalue weighted by Crippen LogP contribution is -2.12. The van der Waals surface area contributed by atoms with E-state index in [-0.39, 0.29) is 11.5 Å². The number of nitrogens with zero attached hydrogens (tertiary/aromatic N) is 1. The Morgan fingerprint density at radius 3 is 2.42 bits per heavy atom. The Kier molecular flexibility index (Phi) is 6.22. The second kappa shape index (κ2) is 8.80. The zero-order chi connectivity index (χ0) is 18.4. The minimum Gasteiger partial charge on any atom is -0.494 e. The van der Waals surface area contributed by atoms with Gasteiger partial charge in [-0.25, -0.2) is 0 Å². The Morgan fingerprint density at radius 1 is 1.04 bits per heavy atom. The summed E-state index contributed by atoms with van der Waals surface area (Å²) in [6.07, 6.45) is 5.12. The summed E-state index contributed by atoms with van der Waals surface area (Å²) in [6.45, 7) is 2.84. The first-order chi connectivity index (χ1) is 12.7. The number of rotatable bonds is 4. The molecule has 2 aromatic rings. The van der Waals surface area contributed by atoms with Crippen LogP contribution in [-0.2, 0) is 0 Å². The van der Waals surface area contributed by atoms with E-state index in [1.807, 2.05) is 12.1 Å². The van der Waals surface area contributed by atoms with Gasteiger partial charge in [0.2, 0.25) is 11.9 Å². The van der Waals surface area contributed by atoms with Crippen LogP contribution in [0.4, 0.5) is 8.78 Å². The van der Waals surface area contributed by atoms with Gasteiger partial charge >= 0.3 is 0 Å². The van der Waals surface area contributed by atoms with Gasteiger partial charge in [0.1, 0.15) is 5.75 Å². The van der Waals surface area contributed by atoms with Crippen molar-refractivity contribution < 1.29 is 13.5 Å². The largest absolute Gasteiger partial charge is 0.494 e. The Bertz CT molecular complexity index is 784. The monoisotopic (exact) mass is 355 g/mol. The number of hydrogen-bond donors (Lipinski definition) is 0. The van der Waals surface area contributed by atoms with Crippen LogP contribution < -0.4 is 4.74 Å². The van der Waals surface area contributed by atoms with Crippen molar-refractivity contribution in [2.75, 3.05) is 6.61 Å². The van der Waals surface area contributed by atoms with E-state index in [9.17, 15) is 8.78 Å². The highest BCUT2D eigenvalue weighted by Gasteiger charge is 2.21. The molecular formula is C22H23F2NO. The fourth-order valence-electron chi connectivity index (χ4n) is 3.31. The van der Waals surface area contributed by atoms with Gasteiger partial charge in [0.25, 0.3) is 0 Å². The molecule has 0 bridgehead atoms. The average Bonchev–Trinajstić information content (AvgIpc) is 2.66. The van der Waals surface area contributed by atoms with Crippen LogP contribution in [0.3, 0.4) is 0 Å². The molecule has 0 saturated heterocycles. The first kappa shape index (κ1) is 18.4. The third-order valence-electron chi connectivity index (χ3n) is 4.78. The predicted octanol–water partition coefficient (Wildman–Crippen LogP) is 5.47. The van der Waals surface area contributed by atoms with Gasteiger partial charge in [-0.2, -0.15) is 13.8 Å². The summed E-state index contributed by atoms with van der Waals surface area (Å²) in [5.74, 6) is 6.01. The quantitative estimate of drug-likeness (QED) is 0.536. The van der Waals surface area contributed by atoms with Gasteiger partial charge in [-0.15, -0.1) is 0 Å². The molecule has 1 aliphatic rings. The molecule has 2 nitrogen and oxygen atoms in total.